The minimum absolute atomic E-state index is 0.151. The number of pyridine rings is 1. The Morgan fingerprint density at radius 2 is 2.04 bits per heavy atom. The van der Waals surface area contributed by atoms with E-state index in [-0.39, 0.29) is 5.69 Å². The quantitative estimate of drug-likeness (QED) is 0.841. The lowest BCUT2D eigenvalue weighted by molar-refractivity contribution is 0.0398. The summed E-state index contributed by atoms with van der Waals surface area (Å²) in [5.74, 6) is -0.863. The van der Waals surface area contributed by atoms with Gasteiger partial charge < -0.3 is 15.4 Å². The normalized spacial score (nSPS) is 14.9. The van der Waals surface area contributed by atoms with Crippen LogP contribution in [0.3, 0.4) is 0 Å². The summed E-state index contributed by atoms with van der Waals surface area (Å²) in [6.45, 7) is 5.06. The van der Waals surface area contributed by atoms with Crippen LogP contribution in [0.1, 0.15) is 10.4 Å². The number of halogens is 1. The molecule has 2 aromatic rings. The zero-order chi connectivity index (χ0) is 17.5. The molecule has 0 bridgehead atoms. The number of anilines is 2. The molecule has 3 rings (SSSR count). The summed E-state index contributed by atoms with van der Waals surface area (Å²) in [4.78, 5) is 18.7. The molecule has 0 spiro atoms. The Balaban J connectivity index is 1.55. The molecule has 2 N–H and O–H groups in total. The number of morpholine rings is 1. The minimum Gasteiger partial charge on any atom is -0.382 e. The predicted molar refractivity (Wildman–Crippen MR) is 94.3 cm³/mol. The van der Waals surface area contributed by atoms with Gasteiger partial charge in [-0.05, 0) is 18.2 Å². The van der Waals surface area contributed by atoms with Gasteiger partial charge in [0.05, 0.1) is 30.2 Å². The van der Waals surface area contributed by atoms with Gasteiger partial charge in [0, 0.05) is 38.6 Å². The van der Waals surface area contributed by atoms with E-state index in [9.17, 15) is 9.18 Å². The van der Waals surface area contributed by atoms with Crippen LogP contribution in [-0.4, -0.2) is 55.2 Å². The molecule has 6 nitrogen and oxygen atoms in total. The summed E-state index contributed by atoms with van der Waals surface area (Å²) in [6, 6.07) is 7.77. The Bertz CT molecular complexity index is 720. The van der Waals surface area contributed by atoms with Gasteiger partial charge in [0.25, 0.3) is 5.91 Å². The summed E-state index contributed by atoms with van der Waals surface area (Å²) in [5.41, 5.74) is 1.28. The second-order valence-electron chi connectivity index (χ2n) is 5.78. The van der Waals surface area contributed by atoms with Crippen molar-refractivity contribution in [1.82, 2.24) is 9.88 Å². The summed E-state index contributed by atoms with van der Waals surface area (Å²) in [6.07, 6.45) is 3.13. The molecule has 0 aliphatic carbocycles. The first-order valence-electron chi connectivity index (χ1n) is 8.27. The van der Waals surface area contributed by atoms with Crippen LogP contribution < -0.4 is 10.6 Å². The summed E-state index contributed by atoms with van der Waals surface area (Å²) >= 11 is 0. The Kier molecular flexibility index (Phi) is 5.92. The molecular weight excluding hydrogens is 323 g/mol. The van der Waals surface area contributed by atoms with Crippen LogP contribution in [-0.2, 0) is 4.74 Å². The van der Waals surface area contributed by atoms with E-state index in [2.05, 4.69) is 20.5 Å². The number of aromatic nitrogens is 1. The maximum absolute atomic E-state index is 13.6. The van der Waals surface area contributed by atoms with Gasteiger partial charge in [-0.2, -0.15) is 0 Å². The maximum atomic E-state index is 13.6. The summed E-state index contributed by atoms with van der Waals surface area (Å²) in [7, 11) is 0. The first kappa shape index (κ1) is 17.3. The Labute approximate surface area is 146 Å². The molecule has 1 aromatic carbocycles. The molecule has 0 unspecified atom stereocenters. The largest absolute Gasteiger partial charge is 0.382 e. The molecule has 7 heteroatoms. The molecule has 1 aromatic heterocycles. The Morgan fingerprint density at radius 3 is 2.84 bits per heavy atom. The van der Waals surface area contributed by atoms with Gasteiger partial charge in [0.15, 0.2) is 0 Å². The average molecular weight is 344 g/mol. The fraction of sp³-hybridized carbons (Fsp3) is 0.333. The number of ether oxygens (including phenoxy) is 1. The van der Waals surface area contributed by atoms with Crippen molar-refractivity contribution < 1.29 is 13.9 Å². The third-order valence-electron chi connectivity index (χ3n) is 3.98. The van der Waals surface area contributed by atoms with E-state index in [0.717, 1.165) is 45.1 Å². The first-order valence-corrected chi connectivity index (χ1v) is 8.27. The highest BCUT2D eigenvalue weighted by molar-refractivity contribution is 6.04. The molecular formula is C18H21FN4O2. The average Bonchev–Trinajstić information content (AvgIpc) is 2.65. The molecule has 0 atom stereocenters. The van der Waals surface area contributed by atoms with Gasteiger partial charge in [0.2, 0.25) is 0 Å². The molecule has 1 aliphatic rings. The van der Waals surface area contributed by atoms with Crippen LogP contribution in [0.15, 0.2) is 42.7 Å². The van der Waals surface area contributed by atoms with Crippen molar-refractivity contribution in [2.24, 2.45) is 0 Å². The number of para-hydroxylation sites is 1. The van der Waals surface area contributed by atoms with Gasteiger partial charge >= 0.3 is 0 Å². The highest BCUT2D eigenvalue weighted by atomic mass is 19.1. The molecule has 1 saturated heterocycles. The van der Waals surface area contributed by atoms with Crippen LogP contribution >= 0.6 is 0 Å². The van der Waals surface area contributed by atoms with Crippen molar-refractivity contribution in [3.63, 3.8) is 0 Å². The van der Waals surface area contributed by atoms with Crippen LogP contribution in [0, 0.1) is 5.82 Å². The number of benzene rings is 1. The molecule has 1 aliphatic heterocycles. The highest BCUT2D eigenvalue weighted by Crippen LogP contribution is 2.15. The Hall–Kier alpha value is -2.51. The topological polar surface area (TPSA) is 66.5 Å². The number of amides is 1. The molecule has 132 valence electrons. The fourth-order valence-corrected chi connectivity index (χ4v) is 2.60. The van der Waals surface area contributed by atoms with Crippen molar-refractivity contribution in [3.8, 4) is 0 Å². The molecule has 25 heavy (non-hydrogen) atoms. The van der Waals surface area contributed by atoms with E-state index in [0.29, 0.717) is 5.56 Å². The minimum atomic E-state index is -0.469. The number of hydrogen-bond donors (Lipinski definition) is 2. The smallest absolute Gasteiger partial charge is 0.257 e. The van der Waals surface area contributed by atoms with Crippen LogP contribution in [0.2, 0.25) is 0 Å². The van der Waals surface area contributed by atoms with Gasteiger partial charge in [-0.25, -0.2) is 4.39 Å². The van der Waals surface area contributed by atoms with Crippen molar-refractivity contribution in [2.45, 2.75) is 0 Å². The number of nitrogens with zero attached hydrogens (tertiary/aromatic N) is 2. The molecule has 1 fully saturated rings. The van der Waals surface area contributed by atoms with Gasteiger partial charge in [-0.3, -0.25) is 14.7 Å². The maximum Gasteiger partial charge on any atom is 0.257 e. The second-order valence-corrected chi connectivity index (χ2v) is 5.78. The van der Waals surface area contributed by atoms with E-state index >= 15 is 0 Å². The van der Waals surface area contributed by atoms with Crippen LogP contribution in [0.5, 0.6) is 0 Å². The lowest BCUT2D eigenvalue weighted by Crippen LogP contribution is -2.39. The van der Waals surface area contributed by atoms with E-state index < -0.39 is 11.7 Å². The summed E-state index contributed by atoms with van der Waals surface area (Å²) in [5, 5.41) is 5.82. The first-order chi connectivity index (χ1) is 12.2. The zero-order valence-corrected chi connectivity index (χ0v) is 13.9. The van der Waals surface area contributed by atoms with Crippen molar-refractivity contribution in [1.29, 1.82) is 0 Å². The third kappa shape index (κ3) is 4.98. The van der Waals surface area contributed by atoms with Crippen molar-refractivity contribution in [2.75, 3.05) is 50.0 Å². The fourth-order valence-electron chi connectivity index (χ4n) is 2.60. The number of rotatable bonds is 6. The van der Waals surface area contributed by atoms with E-state index in [4.69, 9.17) is 4.74 Å². The second kappa shape index (κ2) is 8.55. The third-order valence-corrected chi connectivity index (χ3v) is 3.98. The Morgan fingerprint density at radius 1 is 1.24 bits per heavy atom. The summed E-state index contributed by atoms with van der Waals surface area (Å²) < 4.78 is 19.0. The van der Waals surface area contributed by atoms with Gasteiger partial charge in [-0.1, -0.05) is 12.1 Å². The monoisotopic (exact) mass is 344 g/mol. The van der Waals surface area contributed by atoms with E-state index in [1.54, 1.807) is 24.4 Å². The lowest BCUT2D eigenvalue weighted by atomic mass is 10.2. The zero-order valence-electron chi connectivity index (χ0n) is 13.9. The van der Waals surface area contributed by atoms with E-state index in [1.165, 1.54) is 18.3 Å². The van der Waals surface area contributed by atoms with Crippen LogP contribution in [0.4, 0.5) is 15.8 Å². The SMILES string of the molecule is O=C(Nc1ccccc1F)c1cncc(NCCN2CCOCC2)c1. The van der Waals surface area contributed by atoms with Crippen molar-refractivity contribution >= 4 is 17.3 Å². The van der Waals surface area contributed by atoms with Gasteiger partial charge in [0.1, 0.15) is 5.82 Å². The number of hydrogen-bond acceptors (Lipinski definition) is 5. The number of nitrogens with one attached hydrogen (secondary N) is 2. The molecule has 0 saturated carbocycles. The lowest BCUT2D eigenvalue weighted by Gasteiger charge is -2.26. The van der Waals surface area contributed by atoms with E-state index in [1.807, 2.05) is 0 Å². The molecule has 2 heterocycles. The highest BCUT2D eigenvalue weighted by Gasteiger charge is 2.11. The number of carbonyl (C=O) groups is 1. The number of carbonyl (C=O) groups excluding carboxylic acids is 1. The predicted octanol–water partition coefficient (Wildman–Crippen LogP) is 2.22. The van der Waals surface area contributed by atoms with Crippen LogP contribution in [0.25, 0.3) is 0 Å². The van der Waals surface area contributed by atoms with Gasteiger partial charge in [-0.15, -0.1) is 0 Å². The molecule has 0 radical (unpaired) electrons. The van der Waals surface area contributed by atoms with Crippen molar-refractivity contribution in [3.05, 3.63) is 54.1 Å². The standard InChI is InChI=1S/C18H21FN4O2/c19-16-3-1-2-4-17(16)22-18(24)14-11-15(13-20-12-14)21-5-6-23-7-9-25-10-8-23/h1-4,11-13,21H,5-10H2,(H,22,24). The molecule has 1 amide bonds.